The van der Waals surface area contributed by atoms with Gasteiger partial charge in [0.05, 0.1) is 5.33 Å². The summed E-state index contributed by atoms with van der Waals surface area (Å²) in [5, 5.41) is 8.32. The summed E-state index contributed by atoms with van der Waals surface area (Å²) >= 11 is 3.10. The number of ketones is 1. The largest absolute Gasteiger partial charge is 0.480 e. The molecule has 0 aliphatic heterocycles. The molecule has 5 heteroatoms. The molecule has 0 saturated carbocycles. The molecule has 1 aromatic carbocycles. The average molecular weight is 303 g/mol. The maximum Gasteiger partial charge on any atom is 0.329 e. The zero-order valence-electron chi connectivity index (χ0n) is 9.56. The van der Waals surface area contributed by atoms with E-state index in [0.717, 1.165) is 5.56 Å². The molecule has 1 rings (SSSR count). The third-order valence-corrected chi connectivity index (χ3v) is 2.16. The summed E-state index contributed by atoms with van der Waals surface area (Å²) in [5.74, 6) is -0.789. The van der Waals surface area contributed by atoms with E-state index >= 15 is 0 Å². The predicted molar refractivity (Wildman–Crippen MR) is 68.7 cm³/mol. The Labute approximate surface area is 109 Å². The number of halogens is 1. The highest BCUT2D eigenvalue weighted by Gasteiger charge is 1.99. The van der Waals surface area contributed by atoms with Gasteiger partial charge >= 0.3 is 5.97 Å². The van der Waals surface area contributed by atoms with E-state index in [1.807, 2.05) is 30.3 Å². The molecule has 0 atom stereocenters. The number of benzene rings is 1. The van der Waals surface area contributed by atoms with E-state index in [-0.39, 0.29) is 12.4 Å². The molecule has 0 bridgehead atoms. The van der Waals surface area contributed by atoms with Crippen molar-refractivity contribution in [2.45, 2.75) is 6.92 Å². The predicted octanol–water partition coefficient (Wildman–Crippen LogP) is 2.37. The van der Waals surface area contributed by atoms with Crippen LogP contribution in [0.4, 0.5) is 0 Å². The first-order chi connectivity index (χ1) is 8.11. The van der Waals surface area contributed by atoms with Crippen LogP contribution in [0.5, 0.6) is 0 Å². The molecule has 0 spiro atoms. The first-order valence-electron chi connectivity index (χ1n) is 5.05. The molecule has 0 heterocycles. The molecular formula is C12H15BrO4. The molecular weight excluding hydrogens is 288 g/mol. The minimum atomic E-state index is -0.915. The van der Waals surface area contributed by atoms with Crippen molar-refractivity contribution in [2.24, 2.45) is 0 Å². The summed E-state index contributed by atoms with van der Waals surface area (Å²) in [6.45, 7) is 2.03. The summed E-state index contributed by atoms with van der Waals surface area (Å²) in [4.78, 5) is 20.6. The van der Waals surface area contributed by atoms with Crippen LogP contribution in [0.1, 0.15) is 17.3 Å². The number of hydrogen-bond donors (Lipinski definition) is 1. The number of carboxylic acid groups (broad SMARTS) is 1. The van der Waals surface area contributed by atoms with Gasteiger partial charge in [0.15, 0.2) is 5.78 Å². The van der Waals surface area contributed by atoms with Crippen molar-refractivity contribution in [3.05, 3.63) is 35.9 Å². The topological polar surface area (TPSA) is 63.6 Å². The van der Waals surface area contributed by atoms with E-state index in [4.69, 9.17) is 5.11 Å². The summed E-state index contributed by atoms with van der Waals surface area (Å²) in [5.41, 5.74) is 0.763. The van der Waals surface area contributed by atoms with Gasteiger partial charge in [-0.05, 0) is 6.92 Å². The van der Waals surface area contributed by atoms with Gasteiger partial charge in [0.25, 0.3) is 0 Å². The van der Waals surface area contributed by atoms with Crippen molar-refractivity contribution in [1.29, 1.82) is 0 Å². The minimum absolute atomic E-state index is 0.126. The van der Waals surface area contributed by atoms with Gasteiger partial charge in [-0.3, -0.25) is 4.79 Å². The van der Waals surface area contributed by atoms with Crippen molar-refractivity contribution >= 4 is 27.7 Å². The van der Waals surface area contributed by atoms with Crippen LogP contribution < -0.4 is 0 Å². The van der Waals surface area contributed by atoms with Gasteiger partial charge in [-0.2, -0.15) is 0 Å². The van der Waals surface area contributed by atoms with E-state index in [9.17, 15) is 9.59 Å². The van der Waals surface area contributed by atoms with Gasteiger partial charge in [0, 0.05) is 12.2 Å². The minimum Gasteiger partial charge on any atom is -0.480 e. The lowest BCUT2D eigenvalue weighted by atomic mass is 10.2. The second-order valence-electron chi connectivity index (χ2n) is 2.95. The maximum absolute atomic E-state index is 11.0. The number of alkyl halides is 1. The fourth-order valence-electron chi connectivity index (χ4n) is 0.891. The average Bonchev–Trinajstić information content (AvgIpc) is 2.37. The van der Waals surface area contributed by atoms with Gasteiger partial charge in [0.2, 0.25) is 0 Å². The summed E-state index contributed by atoms with van der Waals surface area (Å²) in [7, 11) is 0. The number of carboxylic acids is 1. The Morgan fingerprint density at radius 2 is 1.88 bits per heavy atom. The Morgan fingerprint density at radius 3 is 2.24 bits per heavy atom. The van der Waals surface area contributed by atoms with E-state index in [0.29, 0.717) is 11.9 Å². The number of Topliss-reactive ketones (excluding diaryl/α,β-unsaturated/α-hetero) is 1. The maximum atomic E-state index is 11.0. The standard InChI is InChI=1S/C8H7BrO.C4H8O3/c9-6-8(10)7-4-2-1-3-5-7;1-2-7-3-4(5)6/h1-5H,6H2;2-3H2,1H3,(H,5,6). The van der Waals surface area contributed by atoms with Gasteiger partial charge < -0.3 is 9.84 Å². The molecule has 94 valence electrons. The van der Waals surface area contributed by atoms with Crippen molar-refractivity contribution in [1.82, 2.24) is 0 Å². The molecule has 1 N–H and O–H groups in total. The highest BCUT2D eigenvalue weighted by Crippen LogP contribution is 2.01. The van der Waals surface area contributed by atoms with Crippen molar-refractivity contribution < 1.29 is 19.4 Å². The fourth-order valence-corrected chi connectivity index (χ4v) is 1.21. The number of carbonyl (C=O) groups is 2. The van der Waals surface area contributed by atoms with Gasteiger partial charge in [0.1, 0.15) is 6.61 Å². The Kier molecular flexibility index (Phi) is 9.28. The highest BCUT2D eigenvalue weighted by molar-refractivity contribution is 9.09. The SMILES string of the molecule is CCOCC(=O)O.O=C(CBr)c1ccccc1. The van der Waals surface area contributed by atoms with Crippen LogP contribution in [0.15, 0.2) is 30.3 Å². The second-order valence-corrected chi connectivity index (χ2v) is 3.51. The monoisotopic (exact) mass is 302 g/mol. The van der Waals surface area contributed by atoms with Crippen molar-refractivity contribution in [3.8, 4) is 0 Å². The van der Waals surface area contributed by atoms with Crippen LogP contribution in [0, 0.1) is 0 Å². The molecule has 0 aliphatic rings. The highest BCUT2D eigenvalue weighted by atomic mass is 79.9. The number of aliphatic carboxylic acids is 1. The van der Waals surface area contributed by atoms with E-state index in [2.05, 4.69) is 20.7 Å². The molecule has 0 unspecified atom stereocenters. The fraction of sp³-hybridized carbons (Fsp3) is 0.333. The first-order valence-corrected chi connectivity index (χ1v) is 6.17. The Hall–Kier alpha value is -1.20. The van der Waals surface area contributed by atoms with Gasteiger partial charge in [-0.1, -0.05) is 46.3 Å². The molecule has 4 nitrogen and oxygen atoms in total. The smallest absolute Gasteiger partial charge is 0.329 e. The molecule has 0 amide bonds. The van der Waals surface area contributed by atoms with Crippen LogP contribution in [0.2, 0.25) is 0 Å². The zero-order chi connectivity index (χ0) is 13.1. The lowest BCUT2D eigenvalue weighted by molar-refractivity contribution is -0.142. The summed E-state index contributed by atoms with van der Waals surface area (Å²) in [6.07, 6.45) is 0. The second kappa shape index (κ2) is 9.99. The number of rotatable bonds is 5. The van der Waals surface area contributed by atoms with Crippen LogP contribution in [-0.4, -0.2) is 35.4 Å². The van der Waals surface area contributed by atoms with Crippen LogP contribution in [0.25, 0.3) is 0 Å². The van der Waals surface area contributed by atoms with E-state index in [1.165, 1.54) is 0 Å². The first kappa shape index (κ1) is 15.8. The third-order valence-electron chi connectivity index (χ3n) is 1.65. The Balaban J connectivity index is 0.000000325. The molecule has 17 heavy (non-hydrogen) atoms. The molecule has 1 aromatic rings. The molecule has 0 saturated heterocycles. The molecule has 0 radical (unpaired) electrons. The zero-order valence-corrected chi connectivity index (χ0v) is 11.1. The van der Waals surface area contributed by atoms with Crippen molar-refractivity contribution in [2.75, 3.05) is 18.5 Å². The summed E-state index contributed by atoms with van der Waals surface area (Å²) < 4.78 is 4.50. The van der Waals surface area contributed by atoms with Gasteiger partial charge in [-0.25, -0.2) is 4.79 Å². The van der Waals surface area contributed by atoms with Crippen LogP contribution in [0.3, 0.4) is 0 Å². The molecule has 0 aliphatic carbocycles. The third kappa shape index (κ3) is 8.59. The van der Waals surface area contributed by atoms with Crippen LogP contribution >= 0.6 is 15.9 Å². The quantitative estimate of drug-likeness (QED) is 0.670. The Bertz CT molecular complexity index is 338. The van der Waals surface area contributed by atoms with Crippen molar-refractivity contribution in [3.63, 3.8) is 0 Å². The van der Waals surface area contributed by atoms with Gasteiger partial charge in [-0.15, -0.1) is 0 Å². The Morgan fingerprint density at radius 1 is 1.29 bits per heavy atom. The normalized spacial score (nSPS) is 9.06. The number of hydrogen-bond acceptors (Lipinski definition) is 3. The number of carbonyl (C=O) groups excluding carboxylic acids is 1. The van der Waals surface area contributed by atoms with E-state index < -0.39 is 5.97 Å². The lowest BCUT2D eigenvalue weighted by Crippen LogP contribution is -2.05. The van der Waals surface area contributed by atoms with Crippen LogP contribution in [-0.2, 0) is 9.53 Å². The molecule has 0 fully saturated rings. The number of ether oxygens (including phenoxy) is 1. The molecule has 0 aromatic heterocycles. The lowest BCUT2D eigenvalue weighted by Gasteiger charge is -1.92. The summed E-state index contributed by atoms with van der Waals surface area (Å²) in [6, 6.07) is 9.23. The van der Waals surface area contributed by atoms with E-state index in [1.54, 1.807) is 6.92 Å².